The summed E-state index contributed by atoms with van der Waals surface area (Å²) in [5, 5.41) is 0. The van der Waals surface area contributed by atoms with Crippen LogP contribution in [0, 0.1) is 27.7 Å². The fraction of sp³-hybridized carbons (Fsp3) is 0.393. The van der Waals surface area contributed by atoms with Crippen LogP contribution in [0.25, 0.3) is 11.3 Å². The molecule has 4 rings (SSSR count). The summed E-state index contributed by atoms with van der Waals surface area (Å²) >= 11 is 0. The molecule has 2 aromatic carbocycles. The minimum Gasteiger partial charge on any atom is -0.496 e. The van der Waals surface area contributed by atoms with Crippen molar-refractivity contribution in [3.8, 4) is 17.0 Å². The molecule has 31 heavy (non-hydrogen) atoms. The number of aryl methyl sites for hydroxylation is 4. The predicted octanol–water partition coefficient (Wildman–Crippen LogP) is 6.89. The quantitative estimate of drug-likeness (QED) is 0.454. The van der Waals surface area contributed by atoms with E-state index in [-0.39, 0.29) is 6.04 Å². The van der Waals surface area contributed by atoms with E-state index in [1.165, 1.54) is 44.8 Å². The first-order valence-corrected chi connectivity index (χ1v) is 11.4. The van der Waals surface area contributed by atoms with Gasteiger partial charge in [0.1, 0.15) is 5.75 Å². The second-order valence-electron chi connectivity index (χ2n) is 8.75. The number of pyridine rings is 1. The maximum atomic E-state index is 6.00. The molecular formula is C28H34N2O. The summed E-state index contributed by atoms with van der Waals surface area (Å²) in [6.45, 7) is 12.0. The minimum absolute atomic E-state index is 0.281. The van der Waals surface area contributed by atoms with Gasteiger partial charge in [0, 0.05) is 29.4 Å². The molecule has 1 aromatic heterocycles. The lowest BCUT2D eigenvalue weighted by atomic mass is 9.87. The molecule has 0 amide bonds. The Kier molecular flexibility index (Phi) is 6.04. The minimum atomic E-state index is 0.281. The maximum absolute atomic E-state index is 6.00. The van der Waals surface area contributed by atoms with Crippen LogP contribution in [-0.2, 0) is 6.42 Å². The Morgan fingerprint density at radius 2 is 1.68 bits per heavy atom. The number of ether oxygens (including phenoxy) is 1. The number of rotatable bonds is 5. The molecule has 1 unspecified atom stereocenters. The van der Waals surface area contributed by atoms with Crippen LogP contribution < -0.4 is 9.64 Å². The number of anilines is 1. The lowest BCUT2D eigenvalue weighted by molar-refractivity contribution is 0.393. The monoisotopic (exact) mass is 414 g/mol. The molecule has 0 fully saturated rings. The first-order chi connectivity index (χ1) is 15.0. The molecule has 0 saturated carbocycles. The van der Waals surface area contributed by atoms with Gasteiger partial charge in [-0.15, -0.1) is 0 Å². The van der Waals surface area contributed by atoms with Crippen LogP contribution in [0.2, 0.25) is 0 Å². The maximum Gasteiger partial charge on any atom is 0.128 e. The molecule has 1 aliphatic rings. The van der Waals surface area contributed by atoms with E-state index < -0.39 is 0 Å². The highest BCUT2D eigenvalue weighted by molar-refractivity contribution is 5.70. The summed E-state index contributed by atoms with van der Waals surface area (Å²) in [6, 6.07) is 15.5. The molecule has 0 bridgehead atoms. The normalized spacial score (nSPS) is 15.5. The SMILES string of the molecule is CCN(c1cccc(C)c1C)C1CCCc2nc(-c3c(C)cccc3C)cc(OC)c21. The van der Waals surface area contributed by atoms with E-state index in [9.17, 15) is 0 Å². The summed E-state index contributed by atoms with van der Waals surface area (Å²) in [6.07, 6.45) is 3.27. The Morgan fingerprint density at radius 1 is 1.00 bits per heavy atom. The predicted molar refractivity (Wildman–Crippen MR) is 130 cm³/mol. The van der Waals surface area contributed by atoms with Gasteiger partial charge in [-0.05, 0) is 82.2 Å². The largest absolute Gasteiger partial charge is 0.496 e. The summed E-state index contributed by atoms with van der Waals surface area (Å²) < 4.78 is 6.00. The molecule has 162 valence electrons. The third kappa shape index (κ3) is 3.82. The van der Waals surface area contributed by atoms with Crippen molar-refractivity contribution in [2.75, 3.05) is 18.6 Å². The van der Waals surface area contributed by atoms with Gasteiger partial charge in [0.05, 0.1) is 24.5 Å². The Labute approximate surface area is 187 Å². The Morgan fingerprint density at radius 3 is 2.35 bits per heavy atom. The van der Waals surface area contributed by atoms with Gasteiger partial charge in [0.25, 0.3) is 0 Å². The van der Waals surface area contributed by atoms with Gasteiger partial charge in [-0.25, -0.2) is 0 Å². The zero-order chi connectivity index (χ0) is 22.1. The third-order valence-corrected chi connectivity index (χ3v) is 6.88. The van der Waals surface area contributed by atoms with E-state index in [1.54, 1.807) is 7.11 Å². The topological polar surface area (TPSA) is 25.4 Å². The van der Waals surface area contributed by atoms with Crippen LogP contribution in [0.15, 0.2) is 42.5 Å². The molecule has 0 spiro atoms. The number of hydrogen-bond donors (Lipinski definition) is 0. The van der Waals surface area contributed by atoms with Gasteiger partial charge in [-0.2, -0.15) is 0 Å². The van der Waals surface area contributed by atoms with Gasteiger partial charge < -0.3 is 9.64 Å². The summed E-state index contributed by atoms with van der Waals surface area (Å²) in [5.74, 6) is 0.969. The molecule has 0 aliphatic heterocycles. The Hall–Kier alpha value is -2.81. The van der Waals surface area contributed by atoms with Crippen molar-refractivity contribution in [3.05, 3.63) is 76.0 Å². The van der Waals surface area contributed by atoms with Crippen molar-refractivity contribution >= 4 is 5.69 Å². The van der Waals surface area contributed by atoms with E-state index in [4.69, 9.17) is 9.72 Å². The van der Waals surface area contributed by atoms with E-state index in [1.807, 2.05) is 0 Å². The first-order valence-electron chi connectivity index (χ1n) is 11.4. The van der Waals surface area contributed by atoms with Crippen LogP contribution in [0.1, 0.15) is 59.3 Å². The molecule has 3 aromatic rings. The molecule has 0 radical (unpaired) electrons. The first kappa shape index (κ1) is 21.4. The number of fused-ring (bicyclic) bond motifs is 1. The second kappa shape index (κ2) is 8.74. The molecule has 1 heterocycles. The molecule has 3 heteroatoms. The molecule has 3 nitrogen and oxygen atoms in total. The fourth-order valence-electron chi connectivity index (χ4n) is 5.17. The van der Waals surface area contributed by atoms with Gasteiger partial charge in [-0.1, -0.05) is 30.3 Å². The van der Waals surface area contributed by atoms with Crippen LogP contribution in [0.3, 0.4) is 0 Å². The van der Waals surface area contributed by atoms with Crippen LogP contribution in [0.5, 0.6) is 5.75 Å². The van der Waals surface area contributed by atoms with E-state index >= 15 is 0 Å². The lowest BCUT2D eigenvalue weighted by Crippen LogP contribution is -2.32. The number of benzene rings is 2. The van der Waals surface area contributed by atoms with Gasteiger partial charge >= 0.3 is 0 Å². The number of hydrogen-bond acceptors (Lipinski definition) is 3. The summed E-state index contributed by atoms with van der Waals surface area (Å²) in [7, 11) is 1.80. The van der Waals surface area contributed by atoms with Crippen molar-refractivity contribution < 1.29 is 4.74 Å². The Bertz CT molecular complexity index is 1060. The van der Waals surface area contributed by atoms with E-state index in [2.05, 4.69) is 82.0 Å². The smallest absolute Gasteiger partial charge is 0.128 e. The van der Waals surface area contributed by atoms with Gasteiger partial charge in [-0.3, -0.25) is 4.98 Å². The highest BCUT2D eigenvalue weighted by Crippen LogP contribution is 2.44. The van der Waals surface area contributed by atoms with Crippen LogP contribution in [0.4, 0.5) is 5.69 Å². The molecule has 1 atom stereocenters. The average Bonchev–Trinajstić information content (AvgIpc) is 2.76. The lowest BCUT2D eigenvalue weighted by Gasteiger charge is -2.38. The summed E-state index contributed by atoms with van der Waals surface area (Å²) in [4.78, 5) is 7.75. The zero-order valence-corrected chi connectivity index (χ0v) is 19.7. The van der Waals surface area contributed by atoms with Crippen LogP contribution in [-0.4, -0.2) is 18.6 Å². The molecule has 1 aliphatic carbocycles. The number of methoxy groups -OCH3 is 1. The van der Waals surface area contributed by atoms with Crippen LogP contribution >= 0.6 is 0 Å². The van der Waals surface area contributed by atoms with Crippen molar-refractivity contribution in [3.63, 3.8) is 0 Å². The highest BCUT2D eigenvalue weighted by atomic mass is 16.5. The van der Waals surface area contributed by atoms with Gasteiger partial charge in [0.15, 0.2) is 0 Å². The van der Waals surface area contributed by atoms with E-state index in [0.717, 1.165) is 37.3 Å². The zero-order valence-electron chi connectivity index (χ0n) is 19.7. The summed E-state index contributed by atoms with van der Waals surface area (Å²) in [5.41, 5.74) is 11.2. The molecular weight excluding hydrogens is 380 g/mol. The van der Waals surface area contributed by atoms with Crippen molar-refractivity contribution in [2.24, 2.45) is 0 Å². The van der Waals surface area contributed by atoms with Crippen molar-refractivity contribution in [2.45, 2.75) is 59.9 Å². The van der Waals surface area contributed by atoms with Crippen molar-refractivity contribution in [1.82, 2.24) is 4.98 Å². The highest BCUT2D eigenvalue weighted by Gasteiger charge is 2.31. The van der Waals surface area contributed by atoms with Gasteiger partial charge in [0.2, 0.25) is 0 Å². The van der Waals surface area contributed by atoms with E-state index in [0.29, 0.717) is 0 Å². The second-order valence-corrected chi connectivity index (χ2v) is 8.75. The average molecular weight is 415 g/mol. The molecule has 0 N–H and O–H groups in total. The third-order valence-electron chi connectivity index (χ3n) is 6.88. The fourth-order valence-corrected chi connectivity index (χ4v) is 5.17. The Balaban J connectivity index is 1.86. The standard InChI is InChI=1S/C28H34N2O/c1-7-30(24-15-9-11-18(2)21(24)5)25-16-10-14-22-28(25)26(31-6)17-23(29-22)27-19(3)12-8-13-20(27)4/h8-9,11-13,15,17,25H,7,10,14,16H2,1-6H3. The molecule has 0 saturated heterocycles. The number of aromatic nitrogens is 1. The van der Waals surface area contributed by atoms with Crippen molar-refractivity contribution in [1.29, 1.82) is 0 Å². The number of nitrogens with zero attached hydrogens (tertiary/aromatic N) is 2.